The molecule has 0 atom stereocenters. The van der Waals surface area contributed by atoms with Crippen LogP contribution < -0.4 is 10.3 Å². The van der Waals surface area contributed by atoms with Crippen LogP contribution in [0.3, 0.4) is 0 Å². The molecular weight excluding hydrogens is 386 g/mol. The number of imidazole rings is 1. The minimum Gasteiger partial charge on any atom is -0.493 e. The SMILES string of the molecule is CSc1nc(-c2cc(Cl)ccc2OCCCn2ccnc2)c(C#N)c(=O)[nH]1. The van der Waals surface area contributed by atoms with Gasteiger partial charge in [-0.2, -0.15) is 5.26 Å². The summed E-state index contributed by atoms with van der Waals surface area (Å²) < 4.78 is 7.86. The molecule has 0 aliphatic carbocycles. The fourth-order valence-electron chi connectivity index (χ4n) is 2.51. The third-order valence-corrected chi connectivity index (χ3v) is 4.59. The number of benzene rings is 1. The van der Waals surface area contributed by atoms with Crippen molar-refractivity contribution in [2.75, 3.05) is 12.9 Å². The van der Waals surface area contributed by atoms with Crippen molar-refractivity contribution in [1.82, 2.24) is 19.5 Å². The molecule has 9 heteroatoms. The summed E-state index contributed by atoms with van der Waals surface area (Å²) in [5.74, 6) is 0.520. The maximum Gasteiger partial charge on any atom is 0.270 e. The first-order valence-electron chi connectivity index (χ1n) is 8.09. The van der Waals surface area contributed by atoms with Gasteiger partial charge in [0.2, 0.25) is 0 Å². The molecule has 0 amide bonds. The highest BCUT2D eigenvalue weighted by atomic mass is 35.5. The van der Waals surface area contributed by atoms with E-state index in [4.69, 9.17) is 16.3 Å². The van der Waals surface area contributed by atoms with Crippen molar-refractivity contribution < 1.29 is 4.74 Å². The predicted octanol–water partition coefficient (Wildman–Crippen LogP) is 3.35. The number of nitrogens with zero attached hydrogens (tertiary/aromatic N) is 4. The van der Waals surface area contributed by atoms with Gasteiger partial charge in [0, 0.05) is 29.5 Å². The molecule has 1 aromatic carbocycles. The van der Waals surface area contributed by atoms with Crippen LogP contribution in [0.1, 0.15) is 12.0 Å². The summed E-state index contributed by atoms with van der Waals surface area (Å²) in [6.07, 6.45) is 7.92. The molecule has 0 fully saturated rings. The lowest BCUT2D eigenvalue weighted by molar-refractivity contribution is 0.303. The van der Waals surface area contributed by atoms with E-state index in [1.54, 1.807) is 37.0 Å². The highest BCUT2D eigenvalue weighted by Crippen LogP contribution is 2.33. The zero-order valence-corrected chi connectivity index (χ0v) is 16.0. The Morgan fingerprint density at radius 2 is 2.30 bits per heavy atom. The number of nitrogens with one attached hydrogen (secondary N) is 1. The number of aryl methyl sites for hydroxylation is 1. The second-order valence-corrected chi connectivity index (χ2v) is 6.79. The molecule has 0 spiro atoms. The summed E-state index contributed by atoms with van der Waals surface area (Å²) in [6.45, 7) is 1.22. The molecule has 0 saturated heterocycles. The zero-order valence-electron chi connectivity index (χ0n) is 14.5. The maximum atomic E-state index is 12.2. The minimum absolute atomic E-state index is 0.0710. The summed E-state index contributed by atoms with van der Waals surface area (Å²) >= 11 is 7.42. The molecule has 3 rings (SSSR count). The number of halogens is 1. The number of hydrogen-bond acceptors (Lipinski definition) is 6. The van der Waals surface area contributed by atoms with Crippen LogP contribution >= 0.6 is 23.4 Å². The van der Waals surface area contributed by atoms with Gasteiger partial charge in [0.15, 0.2) is 5.16 Å². The smallest absolute Gasteiger partial charge is 0.270 e. The van der Waals surface area contributed by atoms with Crippen molar-refractivity contribution in [2.45, 2.75) is 18.1 Å². The Labute approximate surface area is 165 Å². The maximum absolute atomic E-state index is 12.2. The Morgan fingerprint density at radius 1 is 1.44 bits per heavy atom. The molecule has 0 saturated carbocycles. The van der Waals surface area contributed by atoms with Gasteiger partial charge in [-0.25, -0.2) is 9.97 Å². The van der Waals surface area contributed by atoms with E-state index < -0.39 is 5.56 Å². The van der Waals surface area contributed by atoms with Crippen molar-refractivity contribution in [1.29, 1.82) is 5.26 Å². The number of H-pyrrole nitrogens is 1. The molecule has 7 nitrogen and oxygen atoms in total. The molecule has 138 valence electrons. The average Bonchev–Trinajstić information content (AvgIpc) is 3.19. The van der Waals surface area contributed by atoms with Gasteiger partial charge >= 0.3 is 0 Å². The number of ether oxygens (including phenoxy) is 1. The van der Waals surface area contributed by atoms with Crippen LogP contribution in [0.2, 0.25) is 5.02 Å². The second kappa shape index (κ2) is 8.75. The fraction of sp³-hybridized carbons (Fsp3) is 0.222. The van der Waals surface area contributed by atoms with E-state index in [2.05, 4.69) is 15.0 Å². The third-order valence-electron chi connectivity index (χ3n) is 3.78. The van der Waals surface area contributed by atoms with Crippen molar-refractivity contribution in [3.63, 3.8) is 0 Å². The lowest BCUT2D eigenvalue weighted by atomic mass is 10.1. The van der Waals surface area contributed by atoms with E-state index in [0.717, 1.165) is 13.0 Å². The molecule has 0 radical (unpaired) electrons. The van der Waals surface area contributed by atoms with Crippen LogP contribution in [0, 0.1) is 11.3 Å². The number of hydrogen-bond donors (Lipinski definition) is 1. The largest absolute Gasteiger partial charge is 0.493 e. The monoisotopic (exact) mass is 401 g/mol. The fourth-order valence-corrected chi connectivity index (χ4v) is 3.06. The van der Waals surface area contributed by atoms with Gasteiger partial charge in [0.1, 0.15) is 23.1 Å². The summed E-state index contributed by atoms with van der Waals surface area (Å²) in [5.41, 5.74) is 0.219. The molecule has 2 heterocycles. The van der Waals surface area contributed by atoms with Crippen LogP contribution in [0.4, 0.5) is 0 Å². The molecule has 0 bridgehead atoms. The van der Waals surface area contributed by atoms with Gasteiger partial charge in [-0.05, 0) is 30.9 Å². The first-order valence-corrected chi connectivity index (χ1v) is 9.69. The Balaban J connectivity index is 1.89. The van der Waals surface area contributed by atoms with Crippen molar-refractivity contribution in [3.8, 4) is 23.1 Å². The molecule has 2 aromatic heterocycles. The lowest BCUT2D eigenvalue weighted by Gasteiger charge is -2.13. The lowest BCUT2D eigenvalue weighted by Crippen LogP contribution is -2.15. The quantitative estimate of drug-likeness (QED) is 0.370. The third kappa shape index (κ3) is 4.51. The highest BCUT2D eigenvalue weighted by molar-refractivity contribution is 7.98. The summed E-state index contributed by atoms with van der Waals surface area (Å²) in [7, 11) is 0. The van der Waals surface area contributed by atoms with E-state index in [0.29, 0.717) is 28.1 Å². The average molecular weight is 402 g/mol. The number of thioether (sulfide) groups is 1. The normalized spacial score (nSPS) is 10.6. The second-order valence-electron chi connectivity index (χ2n) is 5.55. The van der Waals surface area contributed by atoms with Crippen LogP contribution in [0.5, 0.6) is 5.75 Å². The van der Waals surface area contributed by atoms with Gasteiger partial charge in [-0.1, -0.05) is 23.4 Å². The van der Waals surface area contributed by atoms with Crippen LogP contribution in [-0.2, 0) is 6.54 Å². The van der Waals surface area contributed by atoms with Gasteiger partial charge < -0.3 is 14.3 Å². The summed E-state index contributed by atoms with van der Waals surface area (Å²) in [5, 5.41) is 10.3. The Hall–Kier alpha value is -2.76. The Kier molecular flexibility index (Phi) is 6.16. The van der Waals surface area contributed by atoms with E-state index in [1.807, 2.05) is 16.8 Å². The Bertz CT molecular complexity index is 1030. The molecule has 1 N–H and O–H groups in total. The van der Waals surface area contributed by atoms with Gasteiger partial charge in [-0.15, -0.1) is 0 Å². The van der Waals surface area contributed by atoms with Crippen LogP contribution in [0.25, 0.3) is 11.3 Å². The first-order chi connectivity index (χ1) is 13.1. The van der Waals surface area contributed by atoms with Crippen molar-refractivity contribution in [3.05, 3.63) is 57.9 Å². The van der Waals surface area contributed by atoms with Crippen molar-refractivity contribution in [2.24, 2.45) is 0 Å². The molecular formula is C18H16ClN5O2S. The van der Waals surface area contributed by atoms with Gasteiger partial charge in [-0.3, -0.25) is 4.79 Å². The topological polar surface area (TPSA) is 96.6 Å². The molecule has 27 heavy (non-hydrogen) atoms. The van der Waals surface area contributed by atoms with E-state index in [-0.39, 0.29) is 11.3 Å². The van der Waals surface area contributed by atoms with E-state index in [1.165, 1.54) is 11.8 Å². The molecule has 0 aliphatic heterocycles. The number of rotatable bonds is 7. The number of nitriles is 1. The molecule has 0 unspecified atom stereocenters. The van der Waals surface area contributed by atoms with E-state index >= 15 is 0 Å². The van der Waals surface area contributed by atoms with Gasteiger partial charge in [0.25, 0.3) is 5.56 Å². The number of aromatic nitrogens is 4. The first kappa shape index (κ1) is 19.0. The van der Waals surface area contributed by atoms with Crippen LogP contribution in [-0.4, -0.2) is 32.4 Å². The number of aromatic amines is 1. The molecule has 0 aliphatic rings. The predicted molar refractivity (Wildman–Crippen MR) is 104 cm³/mol. The summed E-state index contributed by atoms with van der Waals surface area (Å²) in [4.78, 5) is 23.2. The zero-order chi connectivity index (χ0) is 19.2. The van der Waals surface area contributed by atoms with Crippen molar-refractivity contribution >= 4 is 23.4 Å². The van der Waals surface area contributed by atoms with Gasteiger partial charge in [0.05, 0.1) is 12.9 Å². The molecule has 3 aromatic rings. The standard InChI is InChI=1S/C18H16ClN5O2S/c1-27-18-22-16(14(10-20)17(25)23-18)13-9-12(19)3-4-15(13)26-8-2-6-24-7-5-21-11-24/h3-5,7,9,11H,2,6,8H2,1H3,(H,22,23,25). The van der Waals surface area contributed by atoms with E-state index in [9.17, 15) is 10.1 Å². The highest BCUT2D eigenvalue weighted by Gasteiger charge is 2.17. The van der Waals surface area contributed by atoms with Crippen LogP contribution in [0.15, 0.2) is 46.9 Å². The summed E-state index contributed by atoms with van der Waals surface area (Å²) in [6, 6.07) is 6.99. The Morgan fingerprint density at radius 3 is 3.00 bits per heavy atom. The minimum atomic E-state index is -0.488.